The van der Waals surface area contributed by atoms with E-state index in [1.54, 1.807) is 0 Å². The molecule has 0 saturated carbocycles. The first-order valence-corrected chi connectivity index (χ1v) is 5.07. The van der Waals surface area contributed by atoms with Crippen molar-refractivity contribution in [3.63, 3.8) is 0 Å². The number of thiocarbonyl (C=S) groups is 2. The van der Waals surface area contributed by atoms with E-state index in [1.165, 1.54) is 12.1 Å². The minimum absolute atomic E-state index is 0.173. The Bertz CT molecular complexity index is 618. The van der Waals surface area contributed by atoms with Crippen molar-refractivity contribution in [2.24, 2.45) is 9.98 Å². The number of rotatable bonds is 2. The van der Waals surface area contributed by atoms with Crippen LogP contribution in [-0.2, 0) is 6.18 Å². The van der Waals surface area contributed by atoms with E-state index in [1.807, 2.05) is 10.3 Å². The van der Waals surface area contributed by atoms with E-state index in [0.29, 0.717) is 0 Å². The lowest BCUT2D eigenvalue weighted by molar-refractivity contribution is -0.137. The van der Waals surface area contributed by atoms with Gasteiger partial charge in [0.05, 0.1) is 22.0 Å². The van der Waals surface area contributed by atoms with Crippen LogP contribution in [0.5, 0.6) is 0 Å². The highest BCUT2D eigenvalue weighted by Crippen LogP contribution is 2.43. The van der Waals surface area contributed by atoms with Crippen LogP contribution in [0.15, 0.2) is 22.1 Å². The SMILES string of the molecule is N#Cc1ccc(N=C=S)c(N=C=S)c1C(F)(F)F. The second-order valence-electron chi connectivity index (χ2n) is 2.87. The fourth-order valence-corrected chi connectivity index (χ4v) is 1.45. The van der Waals surface area contributed by atoms with Gasteiger partial charge in [-0.25, -0.2) is 0 Å². The van der Waals surface area contributed by atoms with Gasteiger partial charge < -0.3 is 0 Å². The average molecular weight is 285 g/mol. The molecule has 0 spiro atoms. The van der Waals surface area contributed by atoms with Crippen molar-refractivity contribution in [3.05, 3.63) is 23.3 Å². The Hall–Kier alpha value is -1.90. The van der Waals surface area contributed by atoms with Gasteiger partial charge in [-0.2, -0.15) is 28.4 Å². The molecule has 90 valence electrons. The first-order valence-electron chi connectivity index (χ1n) is 4.25. The molecule has 0 saturated heterocycles. The lowest BCUT2D eigenvalue weighted by atomic mass is 10.0. The maximum absolute atomic E-state index is 12.9. The molecule has 1 rings (SSSR count). The van der Waals surface area contributed by atoms with Crippen LogP contribution in [0.4, 0.5) is 24.5 Å². The highest BCUT2D eigenvalue weighted by atomic mass is 32.1. The molecule has 0 bridgehead atoms. The average Bonchev–Trinajstić information content (AvgIpc) is 2.30. The number of nitrogens with zero attached hydrogens (tertiary/aromatic N) is 3. The minimum atomic E-state index is -4.76. The first-order chi connectivity index (χ1) is 8.45. The zero-order valence-electron chi connectivity index (χ0n) is 8.45. The Morgan fingerprint density at radius 2 is 1.72 bits per heavy atom. The number of alkyl halides is 3. The summed E-state index contributed by atoms with van der Waals surface area (Å²) in [5.41, 5.74) is -2.55. The third-order valence-electron chi connectivity index (χ3n) is 1.88. The molecule has 8 heteroatoms. The number of benzene rings is 1. The standard InChI is InChI=1S/C10H2F3N3S2/c11-10(12,13)8-6(3-14)1-2-7(15-4-17)9(8)16-5-18/h1-2H. The number of aliphatic imine (C=N–C) groups is 2. The molecule has 0 amide bonds. The molecule has 0 aliphatic heterocycles. The van der Waals surface area contributed by atoms with Crippen LogP contribution in [0.25, 0.3) is 0 Å². The van der Waals surface area contributed by atoms with Gasteiger partial charge in [0.15, 0.2) is 0 Å². The molecule has 0 aromatic heterocycles. The Labute approximate surface area is 110 Å². The second-order valence-corrected chi connectivity index (χ2v) is 3.24. The summed E-state index contributed by atoms with van der Waals surface area (Å²) in [5, 5.41) is 12.4. The normalized spacial score (nSPS) is 9.89. The van der Waals surface area contributed by atoms with Crippen molar-refractivity contribution in [3.8, 4) is 6.07 Å². The molecule has 3 nitrogen and oxygen atoms in total. The zero-order valence-corrected chi connectivity index (χ0v) is 10.1. The lowest BCUT2D eigenvalue weighted by Crippen LogP contribution is -2.08. The molecule has 0 radical (unpaired) electrons. The lowest BCUT2D eigenvalue weighted by Gasteiger charge is -2.12. The number of hydrogen-bond donors (Lipinski definition) is 0. The van der Waals surface area contributed by atoms with Crippen molar-refractivity contribution in [1.29, 1.82) is 5.26 Å². The van der Waals surface area contributed by atoms with Crippen molar-refractivity contribution < 1.29 is 13.2 Å². The second kappa shape index (κ2) is 5.63. The topological polar surface area (TPSA) is 48.5 Å². The molecule has 0 unspecified atom stereocenters. The number of hydrogen-bond acceptors (Lipinski definition) is 5. The molecule has 1 aromatic carbocycles. The van der Waals surface area contributed by atoms with E-state index >= 15 is 0 Å². The zero-order chi connectivity index (χ0) is 13.8. The fourth-order valence-electron chi connectivity index (χ4n) is 1.26. The minimum Gasteiger partial charge on any atom is -0.192 e. The summed E-state index contributed by atoms with van der Waals surface area (Å²) < 4.78 is 38.6. The van der Waals surface area contributed by atoms with Crippen LogP contribution < -0.4 is 0 Å². The van der Waals surface area contributed by atoms with E-state index in [9.17, 15) is 13.2 Å². The molecular weight excluding hydrogens is 283 g/mol. The van der Waals surface area contributed by atoms with Gasteiger partial charge in [0, 0.05) is 0 Å². The van der Waals surface area contributed by atoms with E-state index < -0.39 is 23.0 Å². The number of nitriles is 1. The molecule has 0 aliphatic rings. The van der Waals surface area contributed by atoms with Gasteiger partial charge in [-0.15, -0.1) is 0 Å². The summed E-state index contributed by atoms with van der Waals surface area (Å²) in [6.07, 6.45) is -4.76. The van der Waals surface area contributed by atoms with E-state index in [0.717, 1.165) is 6.07 Å². The largest absolute Gasteiger partial charge is 0.419 e. The molecular formula is C10H2F3N3S2. The van der Waals surface area contributed by atoms with Gasteiger partial charge in [-0.1, -0.05) is 0 Å². The summed E-state index contributed by atoms with van der Waals surface area (Å²) in [6.45, 7) is 0. The van der Waals surface area contributed by atoms with E-state index in [-0.39, 0.29) is 5.69 Å². The van der Waals surface area contributed by atoms with Crippen LogP contribution >= 0.6 is 24.4 Å². The van der Waals surface area contributed by atoms with Crippen molar-refractivity contribution in [2.75, 3.05) is 0 Å². The molecule has 0 heterocycles. The molecule has 0 atom stereocenters. The van der Waals surface area contributed by atoms with Crippen LogP contribution in [0.2, 0.25) is 0 Å². The Morgan fingerprint density at radius 3 is 2.17 bits per heavy atom. The first kappa shape index (κ1) is 14.2. The van der Waals surface area contributed by atoms with Crippen LogP contribution in [-0.4, -0.2) is 10.3 Å². The molecule has 1 aromatic rings. The highest BCUT2D eigenvalue weighted by molar-refractivity contribution is 7.78. The van der Waals surface area contributed by atoms with Gasteiger partial charge in [-0.05, 0) is 36.6 Å². The Morgan fingerprint density at radius 1 is 1.11 bits per heavy atom. The summed E-state index contributed by atoms with van der Waals surface area (Å²) in [4.78, 5) is 6.76. The quantitative estimate of drug-likeness (QED) is 0.608. The van der Waals surface area contributed by atoms with E-state index in [4.69, 9.17) is 5.26 Å². The Kier molecular flexibility index (Phi) is 4.43. The summed E-state index contributed by atoms with van der Waals surface area (Å²) >= 11 is 8.61. The summed E-state index contributed by atoms with van der Waals surface area (Å²) in [6, 6.07) is 3.60. The monoisotopic (exact) mass is 285 g/mol. The number of halogens is 3. The van der Waals surface area contributed by atoms with Gasteiger partial charge in [0.1, 0.15) is 16.9 Å². The predicted molar refractivity (Wildman–Crippen MR) is 65.5 cm³/mol. The maximum atomic E-state index is 12.9. The van der Waals surface area contributed by atoms with Gasteiger partial charge in [0.25, 0.3) is 0 Å². The predicted octanol–water partition coefficient (Wildman–Crippen LogP) is 4.05. The van der Waals surface area contributed by atoms with Crippen LogP contribution in [0.3, 0.4) is 0 Å². The van der Waals surface area contributed by atoms with Crippen molar-refractivity contribution in [2.45, 2.75) is 6.18 Å². The van der Waals surface area contributed by atoms with Crippen LogP contribution in [0.1, 0.15) is 11.1 Å². The highest BCUT2D eigenvalue weighted by Gasteiger charge is 2.37. The molecule has 0 N–H and O–H groups in total. The summed E-state index contributed by atoms with van der Waals surface area (Å²) in [5.74, 6) is 0. The third kappa shape index (κ3) is 2.86. The molecule has 18 heavy (non-hydrogen) atoms. The smallest absolute Gasteiger partial charge is 0.192 e. The fraction of sp³-hybridized carbons (Fsp3) is 0.100. The van der Waals surface area contributed by atoms with Gasteiger partial charge in [0.2, 0.25) is 0 Å². The third-order valence-corrected chi connectivity index (χ3v) is 2.07. The van der Waals surface area contributed by atoms with Crippen LogP contribution in [0, 0.1) is 11.3 Å². The molecule has 0 aliphatic carbocycles. The number of isothiocyanates is 2. The van der Waals surface area contributed by atoms with E-state index in [2.05, 4.69) is 34.4 Å². The molecule has 0 fully saturated rings. The Balaban J connectivity index is 3.82. The van der Waals surface area contributed by atoms with Crippen molar-refractivity contribution >= 4 is 46.1 Å². The van der Waals surface area contributed by atoms with Gasteiger partial charge in [-0.3, -0.25) is 0 Å². The van der Waals surface area contributed by atoms with Crippen molar-refractivity contribution in [1.82, 2.24) is 0 Å². The summed E-state index contributed by atoms with van der Waals surface area (Å²) in [7, 11) is 0. The van der Waals surface area contributed by atoms with Gasteiger partial charge >= 0.3 is 6.18 Å². The maximum Gasteiger partial charge on any atom is 0.419 e.